The van der Waals surface area contributed by atoms with Crippen molar-refractivity contribution in [3.05, 3.63) is 78.3 Å². The number of para-hydroxylation sites is 1. The van der Waals surface area contributed by atoms with Crippen LogP contribution in [0.1, 0.15) is 29.5 Å². The molecule has 0 aliphatic carbocycles. The Bertz CT molecular complexity index is 1090. The summed E-state index contributed by atoms with van der Waals surface area (Å²) in [6, 6.07) is 19.7. The van der Waals surface area contributed by atoms with E-state index in [4.69, 9.17) is 23.9 Å². The first-order chi connectivity index (χ1) is 16.1. The highest BCUT2D eigenvalue weighted by molar-refractivity contribution is 5.96. The van der Waals surface area contributed by atoms with Gasteiger partial charge in [0.05, 0.1) is 25.4 Å². The van der Waals surface area contributed by atoms with Crippen molar-refractivity contribution in [3.63, 3.8) is 0 Å². The topological polar surface area (TPSA) is 102 Å². The molecule has 0 N–H and O–H groups in total. The van der Waals surface area contributed by atoms with Gasteiger partial charge < -0.3 is 23.5 Å². The predicted octanol–water partition coefficient (Wildman–Crippen LogP) is 4.36. The summed E-state index contributed by atoms with van der Waals surface area (Å²) in [6.07, 6.45) is 1.49. The SMILES string of the molecule is CCOc1ccc(N(CCC#N)C(=O)COC(=O)c2occc2COc2ccccc2)cc1. The number of amides is 1. The first-order valence-electron chi connectivity index (χ1n) is 10.4. The molecule has 3 aromatic rings. The Labute approximate surface area is 191 Å². The third-order valence-corrected chi connectivity index (χ3v) is 4.60. The van der Waals surface area contributed by atoms with E-state index in [-0.39, 0.29) is 25.3 Å². The molecule has 0 aliphatic rings. The summed E-state index contributed by atoms with van der Waals surface area (Å²) < 4.78 is 21.5. The molecule has 170 valence electrons. The minimum atomic E-state index is -0.771. The molecule has 0 aliphatic heterocycles. The van der Waals surface area contributed by atoms with Gasteiger partial charge in [-0.1, -0.05) is 18.2 Å². The van der Waals surface area contributed by atoms with E-state index >= 15 is 0 Å². The average Bonchev–Trinajstić information content (AvgIpc) is 3.32. The van der Waals surface area contributed by atoms with Crippen LogP contribution in [0.15, 0.2) is 71.3 Å². The Balaban J connectivity index is 1.61. The molecule has 1 heterocycles. The molecule has 0 unspecified atom stereocenters. The number of furan rings is 1. The van der Waals surface area contributed by atoms with Crippen LogP contribution in [0.2, 0.25) is 0 Å². The highest BCUT2D eigenvalue weighted by atomic mass is 16.5. The molecule has 0 saturated heterocycles. The Hall–Kier alpha value is -4.25. The zero-order valence-electron chi connectivity index (χ0n) is 18.2. The molecule has 1 aromatic heterocycles. The quantitative estimate of drug-likeness (QED) is 0.402. The fraction of sp³-hybridized carbons (Fsp3) is 0.240. The van der Waals surface area contributed by atoms with Gasteiger partial charge in [-0.15, -0.1) is 0 Å². The number of rotatable bonds is 11. The monoisotopic (exact) mass is 448 g/mol. The van der Waals surface area contributed by atoms with Crippen molar-refractivity contribution in [1.82, 2.24) is 0 Å². The summed E-state index contributed by atoms with van der Waals surface area (Å²) in [5.74, 6) is 0.0619. The summed E-state index contributed by atoms with van der Waals surface area (Å²) in [6.45, 7) is 2.18. The van der Waals surface area contributed by atoms with Crippen LogP contribution in [-0.2, 0) is 16.1 Å². The number of hydrogen-bond acceptors (Lipinski definition) is 7. The summed E-state index contributed by atoms with van der Waals surface area (Å²) in [5.41, 5.74) is 1.08. The maximum Gasteiger partial charge on any atom is 0.375 e. The molecule has 33 heavy (non-hydrogen) atoms. The largest absolute Gasteiger partial charge is 0.494 e. The molecule has 0 saturated carbocycles. The van der Waals surface area contributed by atoms with Crippen molar-refractivity contribution < 1.29 is 28.2 Å². The predicted molar refractivity (Wildman–Crippen MR) is 120 cm³/mol. The van der Waals surface area contributed by atoms with Crippen molar-refractivity contribution in [1.29, 1.82) is 5.26 Å². The molecule has 8 heteroatoms. The van der Waals surface area contributed by atoms with E-state index in [1.165, 1.54) is 11.2 Å². The van der Waals surface area contributed by atoms with Crippen molar-refractivity contribution in [2.75, 3.05) is 24.7 Å². The lowest BCUT2D eigenvalue weighted by atomic mass is 10.2. The van der Waals surface area contributed by atoms with Gasteiger partial charge in [0.15, 0.2) is 6.61 Å². The number of benzene rings is 2. The van der Waals surface area contributed by atoms with Gasteiger partial charge in [0.1, 0.15) is 18.1 Å². The van der Waals surface area contributed by atoms with E-state index in [1.807, 2.05) is 31.2 Å². The average molecular weight is 448 g/mol. The van der Waals surface area contributed by atoms with Gasteiger partial charge in [-0.3, -0.25) is 4.79 Å². The van der Waals surface area contributed by atoms with Crippen LogP contribution in [0.3, 0.4) is 0 Å². The second kappa shape index (κ2) is 12.0. The normalized spacial score (nSPS) is 10.2. The second-order valence-electron chi connectivity index (χ2n) is 6.83. The fourth-order valence-corrected chi connectivity index (χ4v) is 3.03. The highest BCUT2D eigenvalue weighted by Gasteiger charge is 2.22. The molecule has 0 radical (unpaired) electrons. The van der Waals surface area contributed by atoms with Crippen molar-refractivity contribution >= 4 is 17.6 Å². The minimum absolute atomic E-state index is 0.0247. The van der Waals surface area contributed by atoms with Gasteiger partial charge in [0, 0.05) is 17.8 Å². The van der Waals surface area contributed by atoms with Crippen LogP contribution in [0.5, 0.6) is 11.5 Å². The van der Waals surface area contributed by atoms with Gasteiger partial charge in [-0.2, -0.15) is 5.26 Å². The molecule has 0 bridgehead atoms. The Morgan fingerprint density at radius 3 is 2.42 bits per heavy atom. The van der Waals surface area contributed by atoms with Gasteiger partial charge in [-0.25, -0.2) is 4.79 Å². The summed E-state index contributed by atoms with van der Waals surface area (Å²) in [5, 5.41) is 8.95. The second-order valence-corrected chi connectivity index (χ2v) is 6.83. The molecule has 2 aromatic carbocycles. The Kier molecular flexibility index (Phi) is 8.48. The van der Waals surface area contributed by atoms with Crippen LogP contribution in [0.4, 0.5) is 5.69 Å². The van der Waals surface area contributed by atoms with Crippen molar-refractivity contribution in [2.45, 2.75) is 20.0 Å². The number of esters is 1. The van der Waals surface area contributed by atoms with E-state index in [1.54, 1.807) is 42.5 Å². The summed E-state index contributed by atoms with van der Waals surface area (Å²) >= 11 is 0. The summed E-state index contributed by atoms with van der Waals surface area (Å²) in [4.78, 5) is 26.7. The molecule has 0 fully saturated rings. The number of hydrogen-bond donors (Lipinski definition) is 0. The third-order valence-electron chi connectivity index (χ3n) is 4.60. The lowest BCUT2D eigenvalue weighted by Gasteiger charge is -2.22. The molecule has 3 rings (SSSR count). The zero-order chi connectivity index (χ0) is 23.5. The van der Waals surface area contributed by atoms with Gasteiger partial charge in [0.2, 0.25) is 5.76 Å². The number of nitrogens with zero attached hydrogens (tertiary/aromatic N) is 2. The molecule has 8 nitrogen and oxygen atoms in total. The van der Waals surface area contributed by atoms with Crippen LogP contribution in [-0.4, -0.2) is 31.6 Å². The number of anilines is 1. The van der Waals surface area contributed by atoms with E-state index in [0.717, 1.165) is 0 Å². The van der Waals surface area contributed by atoms with E-state index in [9.17, 15) is 9.59 Å². The third kappa shape index (κ3) is 6.61. The molecule has 0 atom stereocenters. The minimum Gasteiger partial charge on any atom is -0.494 e. The van der Waals surface area contributed by atoms with Crippen LogP contribution >= 0.6 is 0 Å². The molecular weight excluding hydrogens is 424 g/mol. The van der Waals surface area contributed by atoms with Gasteiger partial charge in [0.25, 0.3) is 5.91 Å². The molecule has 1 amide bonds. The molecular formula is C25H24N2O6. The van der Waals surface area contributed by atoms with Crippen LogP contribution in [0, 0.1) is 11.3 Å². The smallest absolute Gasteiger partial charge is 0.375 e. The van der Waals surface area contributed by atoms with Crippen molar-refractivity contribution in [3.8, 4) is 17.6 Å². The number of ether oxygens (including phenoxy) is 3. The highest BCUT2D eigenvalue weighted by Crippen LogP contribution is 2.21. The standard InChI is InChI=1S/C25H24N2O6/c1-2-30-22-11-9-20(10-12-22)27(15-6-14-26)23(28)18-33-25(29)24-19(13-16-31-24)17-32-21-7-4-3-5-8-21/h3-5,7-13,16H,2,6,15,17-18H2,1H3. The van der Waals surface area contributed by atoms with E-state index in [0.29, 0.717) is 29.4 Å². The zero-order valence-corrected chi connectivity index (χ0v) is 18.2. The maximum absolute atomic E-state index is 12.8. The number of carbonyl (C=O) groups excluding carboxylic acids is 2. The van der Waals surface area contributed by atoms with Crippen LogP contribution < -0.4 is 14.4 Å². The summed E-state index contributed by atoms with van der Waals surface area (Å²) in [7, 11) is 0. The number of carbonyl (C=O) groups is 2. The fourth-order valence-electron chi connectivity index (χ4n) is 3.03. The van der Waals surface area contributed by atoms with Gasteiger partial charge in [-0.05, 0) is 49.4 Å². The lowest BCUT2D eigenvalue weighted by molar-refractivity contribution is -0.121. The first-order valence-corrected chi connectivity index (χ1v) is 10.4. The van der Waals surface area contributed by atoms with Crippen molar-refractivity contribution in [2.24, 2.45) is 0 Å². The lowest BCUT2D eigenvalue weighted by Crippen LogP contribution is -2.35. The first kappa shape index (κ1) is 23.4. The van der Waals surface area contributed by atoms with Crippen LogP contribution in [0.25, 0.3) is 0 Å². The van der Waals surface area contributed by atoms with Gasteiger partial charge >= 0.3 is 5.97 Å². The molecule has 0 spiro atoms. The Morgan fingerprint density at radius 2 is 1.73 bits per heavy atom. The number of nitriles is 1. The van der Waals surface area contributed by atoms with E-state index in [2.05, 4.69) is 0 Å². The van der Waals surface area contributed by atoms with E-state index < -0.39 is 18.5 Å². The maximum atomic E-state index is 12.8. The Morgan fingerprint density at radius 1 is 1.00 bits per heavy atom.